The fraction of sp³-hybridized carbons (Fsp3) is 0.250. The average molecular weight is 624 g/mol. The summed E-state index contributed by atoms with van der Waals surface area (Å²) in [6.45, 7) is 0.805. The van der Waals surface area contributed by atoms with Crippen LogP contribution in [0.25, 0.3) is 0 Å². The Balaban J connectivity index is 1.55. The van der Waals surface area contributed by atoms with Crippen molar-refractivity contribution < 1.29 is 28.2 Å². The molecule has 1 aliphatic heterocycles. The summed E-state index contributed by atoms with van der Waals surface area (Å²) in [5.41, 5.74) is 2.61. The van der Waals surface area contributed by atoms with Gasteiger partial charge in [0.1, 0.15) is 30.3 Å². The second kappa shape index (κ2) is 11.8. The average Bonchev–Trinajstić information content (AvgIpc) is 3.47. The second-order valence-corrected chi connectivity index (χ2v) is 9.78. The normalized spacial score (nSPS) is 16.1. The van der Waals surface area contributed by atoms with Crippen LogP contribution < -0.4 is 15.4 Å². The van der Waals surface area contributed by atoms with Crippen molar-refractivity contribution in [3.8, 4) is 5.75 Å². The molecule has 9 nitrogen and oxygen atoms in total. The standard InChI is InChI=1S/C24H22FIN4O5S/c1-34-8-9-35-17-5-2-14(3-6-17)21-23(32)30(24(33)29-21)20(11-16-12-36-13-27-16)22(31)28-19-7-4-15(26)10-18(19)25/h2-7,10,12-13,20-21H,8-9,11H2,1H3,(H,28,31)(H,29,33). The molecule has 12 heteroatoms. The number of halogens is 2. The maximum Gasteiger partial charge on any atom is 0.325 e. The molecule has 1 aliphatic rings. The van der Waals surface area contributed by atoms with Gasteiger partial charge >= 0.3 is 6.03 Å². The number of carbonyl (C=O) groups excluding carboxylic acids is 3. The van der Waals surface area contributed by atoms with Gasteiger partial charge in [-0.15, -0.1) is 11.3 Å². The zero-order valence-electron chi connectivity index (χ0n) is 19.1. The van der Waals surface area contributed by atoms with Crippen LogP contribution in [0.2, 0.25) is 0 Å². The Morgan fingerprint density at radius 1 is 1.25 bits per heavy atom. The number of amides is 4. The van der Waals surface area contributed by atoms with E-state index in [0.717, 1.165) is 4.90 Å². The van der Waals surface area contributed by atoms with Crippen molar-refractivity contribution in [2.24, 2.45) is 0 Å². The smallest absolute Gasteiger partial charge is 0.325 e. The first-order valence-electron chi connectivity index (χ1n) is 10.9. The topological polar surface area (TPSA) is 110 Å². The number of nitrogens with zero attached hydrogens (tertiary/aromatic N) is 2. The summed E-state index contributed by atoms with van der Waals surface area (Å²) < 4.78 is 25.5. The molecule has 2 aromatic carbocycles. The Morgan fingerprint density at radius 3 is 2.69 bits per heavy atom. The summed E-state index contributed by atoms with van der Waals surface area (Å²) in [5, 5.41) is 6.88. The minimum atomic E-state index is -1.24. The first-order valence-corrected chi connectivity index (χ1v) is 12.9. The number of imide groups is 1. The lowest BCUT2D eigenvalue weighted by Crippen LogP contribution is -2.49. The number of benzene rings is 2. The van der Waals surface area contributed by atoms with Crippen LogP contribution in [0.1, 0.15) is 17.3 Å². The highest BCUT2D eigenvalue weighted by Gasteiger charge is 2.45. The predicted molar refractivity (Wildman–Crippen MR) is 139 cm³/mol. The highest BCUT2D eigenvalue weighted by atomic mass is 127. The van der Waals surface area contributed by atoms with E-state index in [1.807, 2.05) is 22.6 Å². The maximum atomic E-state index is 14.4. The van der Waals surface area contributed by atoms with Gasteiger partial charge in [-0.3, -0.25) is 9.59 Å². The van der Waals surface area contributed by atoms with E-state index in [1.165, 1.54) is 23.5 Å². The van der Waals surface area contributed by atoms with Gasteiger partial charge in [0.15, 0.2) is 0 Å². The summed E-state index contributed by atoms with van der Waals surface area (Å²) in [6.07, 6.45) is -0.0144. The van der Waals surface area contributed by atoms with Gasteiger partial charge in [0.2, 0.25) is 5.91 Å². The van der Waals surface area contributed by atoms with E-state index in [1.54, 1.807) is 48.3 Å². The number of hydrogen-bond donors (Lipinski definition) is 2. The monoisotopic (exact) mass is 624 g/mol. The van der Waals surface area contributed by atoms with Crippen molar-refractivity contribution >= 4 is 57.5 Å². The van der Waals surface area contributed by atoms with Crippen LogP contribution in [0, 0.1) is 9.39 Å². The van der Waals surface area contributed by atoms with Gasteiger partial charge in [-0.1, -0.05) is 12.1 Å². The molecule has 36 heavy (non-hydrogen) atoms. The molecule has 0 spiro atoms. The van der Waals surface area contributed by atoms with Gasteiger partial charge in [-0.2, -0.15) is 0 Å². The largest absolute Gasteiger partial charge is 0.491 e. The Labute approximate surface area is 224 Å². The molecule has 0 bridgehead atoms. The van der Waals surface area contributed by atoms with Crippen molar-refractivity contribution in [1.82, 2.24) is 15.2 Å². The molecule has 2 unspecified atom stereocenters. The molecule has 2 heterocycles. The van der Waals surface area contributed by atoms with E-state index >= 15 is 0 Å². The molecular formula is C24H22FIN4O5S. The van der Waals surface area contributed by atoms with E-state index in [9.17, 15) is 18.8 Å². The summed E-state index contributed by atoms with van der Waals surface area (Å²) in [7, 11) is 1.57. The third-order valence-corrected chi connectivity index (χ3v) is 6.74. The predicted octanol–water partition coefficient (Wildman–Crippen LogP) is 3.75. The molecule has 3 aromatic rings. The molecule has 2 N–H and O–H groups in total. The second-order valence-electron chi connectivity index (χ2n) is 7.81. The number of anilines is 1. The number of hydrogen-bond acceptors (Lipinski definition) is 7. The minimum Gasteiger partial charge on any atom is -0.491 e. The van der Waals surface area contributed by atoms with Crippen molar-refractivity contribution in [3.63, 3.8) is 0 Å². The number of methoxy groups -OCH3 is 1. The summed E-state index contributed by atoms with van der Waals surface area (Å²) in [6, 6.07) is 8.13. The van der Waals surface area contributed by atoms with E-state index in [0.29, 0.717) is 33.8 Å². The molecule has 1 saturated heterocycles. The van der Waals surface area contributed by atoms with Gasteiger partial charge in [-0.05, 0) is 58.5 Å². The number of aromatic nitrogens is 1. The Hall–Kier alpha value is -3.10. The Kier molecular flexibility index (Phi) is 8.48. The molecule has 1 fully saturated rings. The number of ether oxygens (including phenoxy) is 2. The third kappa shape index (κ3) is 5.99. The van der Waals surface area contributed by atoms with E-state index in [2.05, 4.69) is 15.6 Å². The van der Waals surface area contributed by atoms with Crippen molar-refractivity contribution in [2.45, 2.75) is 18.5 Å². The maximum absolute atomic E-state index is 14.4. The molecule has 188 valence electrons. The molecular weight excluding hydrogens is 602 g/mol. The van der Waals surface area contributed by atoms with Gasteiger partial charge < -0.3 is 20.1 Å². The van der Waals surface area contributed by atoms with Crippen LogP contribution in [-0.2, 0) is 20.7 Å². The molecule has 0 radical (unpaired) electrons. The first-order chi connectivity index (χ1) is 17.4. The zero-order valence-corrected chi connectivity index (χ0v) is 22.0. The van der Waals surface area contributed by atoms with E-state index < -0.39 is 35.7 Å². The van der Waals surface area contributed by atoms with Crippen LogP contribution in [0.15, 0.2) is 53.4 Å². The minimum absolute atomic E-state index is 0.0144. The number of carbonyl (C=O) groups is 3. The molecule has 2 atom stereocenters. The van der Waals surface area contributed by atoms with Gasteiger partial charge in [0.25, 0.3) is 5.91 Å². The summed E-state index contributed by atoms with van der Waals surface area (Å²) >= 11 is 3.28. The lowest BCUT2D eigenvalue weighted by molar-refractivity contribution is -0.134. The van der Waals surface area contributed by atoms with Gasteiger partial charge in [0.05, 0.1) is 23.5 Å². The van der Waals surface area contributed by atoms with Crippen LogP contribution in [0.4, 0.5) is 14.9 Å². The Bertz CT molecular complexity index is 1240. The quantitative estimate of drug-likeness (QED) is 0.202. The van der Waals surface area contributed by atoms with Crippen LogP contribution >= 0.6 is 33.9 Å². The number of nitrogens with one attached hydrogen (secondary N) is 2. The van der Waals surface area contributed by atoms with Crippen molar-refractivity contribution in [3.05, 3.63) is 74.0 Å². The van der Waals surface area contributed by atoms with E-state index in [4.69, 9.17) is 9.47 Å². The van der Waals surface area contributed by atoms with Crippen LogP contribution in [0.3, 0.4) is 0 Å². The molecule has 4 amide bonds. The highest BCUT2D eigenvalue weighted by molar-refractivity contribution is 14.1. The SMILES string of the molecule is COCCOc1ccc(C2NC(=O)N(C(Cc3cscn3)C(=O)Nc3ccc(I)cc3F)C2=O)cc1. The fourth-order valence-electron chi connectivity index (χ4n) is 3.66. The van der Waals surface area contributed by atoms with Crippen LogP contribution in [0.5, 0.6) is 5.75 Å². The van der Waals surface area contributed by atoms with Crippen molar-refractivity contribution in [2.75, 3.05) is 25.6 Å². The number of thiazole rings is 1. The zero-order chi connectivity index (χ0) is 25.7. The van der Waals surface area contributed by atoms with E-state index in [-0.39, 0.29) is 12.1 Å². The lowest BCUT2D eigenvalue weighted by atomic mass is 10.0. The summed E-state index contributed by atoms with van der Waals surface area (Å²) in [4.78, 5) is 44.6. The third-order valence-electron chi connectivity index (χ3n) is 5.43. The lowest BCUT2D eigenvalue weighted by Gasteiger charge is -2.24. The number of rotatable bonds is 10. The van der Waals surface area contributed by atoms with Gasteiger partial charge in [-0.25, -0.2) is 19.1 Å². The van der Waals surface area contributed by atoms with Crippen LogP contribution in [-0.4, -0.2) is 54.1 Å². The molecule has 1 aromatic heterocycles. The molecule has 0 aliphatic carbocycles. The molecule has 0 saturated carbocycles. The first kappa shape index (κ1) is 26.0. The number of urea groups is 1. The Morgan fingerprint density at radius 2 is 2.03 bits per heavy atom. The summed E-state index contributed by atoms with van der Waals surface area (Å²) in [5.74, 6) is -1.32. The fourth-order valence-corrected chi connectivity index (χ4v) is 4.68. The highest BCUT2D eigenvalue weighted by Crippen LogP contribution is 2.27. The van der Waals surface area contributed by atoms with Gasteiger partial charge in [0, 0.05) is 22.5 Å². The molecule has 4 rings (SSSR count). The van der Waals surface area contributed by atoms with Crippen molar-refractivity contribution in [1.29, 1.82) is 0 Å².